The molecule has 2 saturated heterocycles. The van der Waals surface area contributed by atoms with Gasteiger partial charge in [0.15, 0.2) is 5.79 Å². The Morgan fingerprint density at radius 1 is 1.10 bits per heavy atom. The lowest BCUT2D eigenvalue weighted by molar-refractivity contribution is -0.181. The zero-order valence-corrected chi connectivity index (χ0v) is 17.5. The van der Waals surface area contributed by atoms with Crippen LogP contribution in [0.5, 0.6) is 0 Å². The van der Waals surface area contributed by atoms with Gasteiger partial charge in [-0.25, -0.2) is 4.68 Å². The molecule has 0 N–H and O–H groups in total. The van der Waals surface area contributed by atoms with Crippen LogP contribution in [0.2, 0.25) is 5.02 Å². The van der Waals surface area contributed by atoms with Gasteiger partial charge in [-0.15, -0.1) is 0 Å². The molecule has 0 aliphatic carbocycles. The van der Waals surface area contributed by atoms with E-state index in [9.17, 15) is 4.79 Å². The zero-order chi connectivity index (χ0) is 20.7. The fourth-order valence-corrected chi connectivity index (χ4v) is 4.29. The van der Waals surface area contributed by atoms with Gasteiger partial charge >= 0.3 is 0 Å². The van der Waals surface area contributed by atoms with Gasteiger partial charge in [0.1, 0.15) is 11.4 Å². The fourth-order valence-electron chi connectivity index (χ4n) is 4.16. The van der Waals surface area contributed by atoms with Gasteiger partial charge in [0, 0.05) is 44.2 Å². The predicted molar refractivity (Wildman–Crippen MR) is 113 cm³/mol. The second-order valence-electron chi connectivity index (χ2n) is 7.71. The number of likely N-dealkylation sites (tertiary alicyclic amines) is 1. The van der Waals surface area contributed by atoms with Gasteiger partial charge < -0.3 is 18.9 Å². The van der Waals surface area contributed by atoms with E-state index >= 15 is 0 Å². The first-order valence-electron chi connectivity index (χ1n) is 10.1. The van der Waals surface area contributed by atoms with Crippen molar-refractivity contribution in [3.63, 3.8) is 0 Å². The fraction of sp³-hybridized carbons (Fsp3) is 0.364. The monoisotopic (exact) mass is 426 g/mol. The number of ether oxygens (including phenoxy) is 2. The molecule has 2 aliphatic rings. The summed E-state index contributed by atoms with van der Waals surface area (Å²) in [5, 5.41) is 5.39. The summed E-state index contributed by atoms with van der Waals surface area (Å²) in [7, 11) is 1.96. The Balaban J connectivity index is 1.48. The van der Waals surface area contributed by atoms with Crippen LogP contribution in [-0.2, 0) is 16.5 Å². The Hall–Kier alpha value is -2.61. The summed E-state index contributed by atoms with van der Waals surface area (Å²) in [5.74, 6) is -0.563. The van der Waals surface area contributed by atoms with Crippen LogP contribution in [0.3, 0.4) is 0 Å². The molecule has 2 aliphatic heterocycles. The Morgan fingerprint density at radius 3 is 2.43 bits per heavy atom. The number of aryl methyl sites for hydroxylation is 1. The maximum absolute atomic E-state index is 13.5. The topological polar surface area (TPSA) is 61.5 Å². The molecule has 0 saturated carbocycles. The third kappa shape index (κ3) is 3.43. The summed E-state index contributed by atoms with van der Waals surface area (Å²) in [6.45, 7) is 2.42. The van der Waals surface area contributed by atoms with E-state index in [2.05, 4.69) is 0 Å². The molecule has 8 heteroatoms. The molecule has 1 spiro atoms. The normalized spacial score (nSPS) is 18.3. The van der Waals surface area contributed by atoms with Crippen molar-refractivity contribution in [1.82, 2.24) is 19.2 Å². The van der Waals surface area contributed by atoms with Crippen molar-refractivity contribution in [3.8, 4) is 17.1 Å². The number of halogens is 1. The highest BCUT2D eigenvalue weighted by Gasteiger charge is 2.41. The maximum atomic E-state index is 13.5. The lowest BCUT2D eigenvalue weighted by atomic mass is 10.0. The SMILES string of the molecule is Cn1cccc1-c1cc(C(=O)N2CCC3(CC2)OCCO3)n(-c2ccc(Cl)cc2)n1. The molecule has 5 rings (SSSR count). The molecule has 0 atom stereocenters. The lowest BCUT2D eigenvalue weighted by Gasteiger charge is -2.37. The number of hydrogen-bond acceptors (Lipinski definition) is 4. The minimum Gasteiger partial charge on any atom is -0.349 e. The average Bonchev–Trinajstić information content (AvgIpc) is 3.49. The number of aromatic nitrogens is 3. The van der Waals surface area contributed by atoms with Gasteiger partial charge in [-0.2, -0.15) is 5.10 Å². The average molecular weight is 427 g/mol. The number of rotatable bonds is 3. The molecule has 3 aromatic rings. The van der Waals surface area contributed by atoms with Crippen LogP contribution in [0.15, 0.2) is 48.7 Å². The van der Waals surface area contributed by atoms with E-state index in [4.69, 9.17) is 26.2 Å². The second kappa shape index (κ2) is 7.58. The van der Waals surface area contributed by atoms with Gasteiger partial charge in [-0.05, 0) is 42.5 Å². The van der Waals surface area contributed by atoms with Crippen LogP contribution in [-0.4, -0.2) is 57.2 Å². The standard InChI is InChI=1S/C22H23ClN4O3/c1-25-10-2-3-19(25)18-15-20(27(24-18)17-6-4-16(23)5-7-17)21(28)26-11-8-22(9-12-26)29-13-14-30-22/h2-7,10,15H,8-9,11-14H2,1H3. The molecule has 156 valence electrons. The van der Waals surface area contributed by atoms with Crippen molar-refractivity contribution >= 4 is 17.5 Å². The predicted octanol–water partition coefficient (Wildman–Crippen LogP) is 3.51. The summed E-state index contributed by atoms with van der Waals surface area (Å²) in [6.07, 6.45) is 3.32. The Labute approximate surface area is 179 Å². The molecule has 30 heavy (non-hydrogen) atoms. The first-order valence-corrected chi connectivity index (χ1v) is 10.5. The zero-order valence-electron chi connectivity index (χ0n) is 16.8. The summed E-state index contributed by atoms with van der Waals surface area (Å²) < 4.78 is 15.3. The van der Waals surface area contributed by atoms with Crippen molar-refractivity contribution in [2.75, 3.05) is 26.3 Å². The maximum Gasteiger partial charge on any atom is 0.272 e. The number of amides is 1. The summed E-state index contributed by atoms with van der Waals surface area (Å²) in [5.41, 5.74) is 3.01. The van der Waals surface area contributed by atoms with Crippen molar-refractivity contribution in [2.24, 2.45) is 7.05 Å². The number of piperidine rings is 1. The first-order chi connectivity index (χ1) is 14.5. The minimum absolute atomic E-state index is 0.0502. The van der Waals surface area contributed by atoms with E-state index in [0.29, 0.717) is 49.9 Å². The molecule has 1 amide bonds. The molecule has 0 bridgehead atoms. The van der Waals surface area contributed by atoms with E-state index < -0.39 is 5.79 Å². The number of carbonyl (C=O) groups excluding carboxylic acids is 1. The summed E-state index contributed by atoms with van der Waals surface area (Å²) >= 11 is 6.06. The van der Waals surface area contributed by atoms with Crippen molar-refractivity contribution in [3.05, 3.63) is 59.4 Å². The van der Waals surface area contributed by atoms with Crippen LogP contribution in [0.4, 0.5) is 0 Å². The number of carbonyl (C=O) groups is 1. The lowest BCUT2D eigenvalue weighted by Crippen LogP contribution is -2.47. The summed E-state index contributed by atoms with van der Waals surface area (Å²) in [6, 6.07) is 13.1. The van der Waals surface area contributed by atoms with E-state index in [1.807, 2.05) is 53.0 Å². The largest absolute Gasteiger partial charge is 0.349 e. The van der Waals surface area contributed by atoms with Crippen molar-refractivity contribution < 1.29 is 14.3 Å². The molecule has 2 aromatic heterocycles. The first kappa shape index (κ1) is 19.4. The van der Waals surface area contributed by atoms with Gasteiger partial charge in [-0.1, -0.05) is 11.6 Å². The smallest absolute Gasteiger partial charge is 0.272 e. The Kier molecular flexibility index (Phi) is 4.89. The molecule has 1 aromatic carbocycles. The highest BCUT2D eigenvalue weighted by atomic mass is 35.5. The Bertz CT molecular complexity index is 1060. The summed E-state index contributed by atoms with van der Waals surface area (Å²) in [4.78, 5) is 15.3. The van der Waals surface area contributed by atoms with E-state index in [1.165, 1.54) is 0 Å². The van der Waals surface area contributed by atoms with Crippen molar-refractivity contribution in [1.29, 1.82) is 0 Å². The van der Waals surface area contributed by atoms with Crippen LogP contribution in [0, 0.1) is 0 Å². The number of hydrogen-bond donors (Lipinski definition) is 0. The van der Waals surface area contributed by atoms with Gasteiger partial charge in [0.25, 0.3) is 5.91 Å². The number of nitrogens with zero attached hydrogens (tertiary/aromatic N) is 4. The van der Waals surface area contributed by atoms with Crippen LogP contribution in [0.25, 0.3) is 17.1 Å². The molecule has 0 radical (unpaired) electrons. The number of benzene rings is 1. The van der Waals surface area contributed by atoms with Crippen LogP contribution < -0.4 is 0 Å². The van der Waals surface area contributed by atoms with Gasteiger partial charge in [0.2, 0.25) is 0 Å². The molecule has 0 unspecified atom stereocenters. The third-order valence-electron chi connectivity index (χ3n) is 5.83. The second-order valence-corrected chi connectivity index (χ2v) is 8.14. The van der Waals surface area contributed by atoms with Gasteiger partial charge in [0.05, 0.1) is 24.6 Å². The Morgan fingerprint density at radius 2 is 1.80 bits per heavy atom. The van der Waals surface area contributed by atoms with Gasteiger partial charge in [-0.3, -0.25) is 4.79 Å². The molecule has 7 nitrogen and oxygen atoms in total. The van der Waals surface area contributed by atoms with Crippen molar-refractivity contribution in [2.45, 2.75) is 18.6 Å². The van der Waals surface area contributed by atoms with Crippen LogP contribution in [0.1, 0.15) is 23.3 Å². The van der Waals surface area contributed by atoms with E-state index in [0.717, 1.165) is 17.1 Å². The van der Waals surface area contributed by atoms with E-state index in [-0.39, 0.29) is 5.91 Å². The minimum atomic E-state index is -0.512. The third-order valence-corrected chi connectivity index (χ3v) is 6.08. The van der Waals surface area contributed by atoms with E-state index in [1.54, 1.807) is 16.8 Å². The molecule has 4 heterocycles. The highest BCUT2D eigenvalue weighted by Crippen LogP contribution is 2.32. The quantitative estimate of drug-likeness (QED) is 0.643. The highest BCUT2D eigenvalue weighted by molar-refractivity contribution is 6.30. The molecule has 2 fully saturated rings. The van der Waals surface area contributed by atoms with Crippen LogP contribution >= 0.6 is 11.6 Å². The molecular weight excluding hydrogens is 404 g/mol. The molecular formula is C22H23ClN4O3.